The fraction of sp³-hybridized carbons (Fsp3) is 0.143. The highest BCUT2D eigenvalue weighted by atomic mass is 15.2. The minimum absolute atomic E-state index is 0.762. The van der Waals surface area contributed by atoms with E-state index in [0.29, 0.717) is 0 Å². The van der Waals surface area contributed by atoms with Crippen molar-refractivity contribution in [1.82, 2.24) is 10.2 Å². The van der Waals surface area contributed by atoms with Crippen molar-refractivity contribution in [3.8, 4) is 0 Å². The molecule has 1 rings (SSSR count). The molecule has 3 heteroatoms. The van der Waals surface area contributed by atoms with Crippen LogP contribution in [0.2, 0.25) is 0 Å². The molecule has 0 spiro atoms. The average molecular weight is 135 g/mol. The maximum atomic E-state index is 4.02. The van der Waals surface area contributed by atoms with Gasteiger partial charge in [-0.2, -0.15) is 5.10 Å². The summed E-state index contributed by atoms with van der Waals surface area (Å²) in [6, 6.07) is 0. The Morgan fingerprint density at radius 3 is 3.20 bits per heavy atom. The van der Waals surface area contributed by atoms with Crippen molar-refractivity contribution in [2.75, 3.05) is 0 Å². The van der Waals surface area contributed by atoms with Crippen molar-refractivity contribution < 1.29 is 0 Å². The van der Waals surface area contributed by atoms with Crippen LogP contribution < -0.4 is 0 Å². The van der Waals surface area contributed by atoms with Gasteiger partial charge in [-0.3, -0.25) is 5.10 Å². The second-order valence-corrected chi connectivity index (χ2v) is 1.77. The van der Waals surface area contributed by atoms with Crippen molar-refractivity contribution in [2.45, 2.75) is 6.92 Å². The van der Waals surface area contributed by atoms with Gasteiger partial charge in [-0.1, -0.05) is 12.7 Å². The number of nitrogens with zero attached hydrogens (tertiary/aromatic N) is 2. The highest BCUT2D eigenvalue weighted by molar-refractivity contribution is 5.65. The van der Waals surface area contributed by atoms with Crippen molar-refractivity contribution in [2.24, 2.45) is 4.99 Å². The molecule has 0 unspecified atom stereocenters. The Morgan fingerprint density at radius 2 is 2.60 bits per heavy atom. The normalized spacial score (nSPS) is 10.5. The van der Waals surface area contributed by atoms with Gasteiger partial charge in [0.05, 0.1) is 6.20 Å². The van der Waals surface area contributed by atoms with Crippen LogP contribution in [0.25, 0.3) is 6.08 Å². The first-order chi connectivity index (χ1) is 4.88. The summed E-state index contributed by atoms with van der Waals surface area (Å²) in [5.74, 6) is 0.762. The van der Waals surface area contributed by atoms with Crippen LogP contribution in [0.15, 0.2) is 17.8 Å². The van der Waals surface area contributed by atoms with Crippen LogP contribution in [-0.2, 0) is 0 Å². The molecule has 3 nitrogen and oxygen atoms in total. The lowest BCUT2D eigenvalue weighted by Crippen LogP contribution is -1.67. The second kappa shape index (κ2) is 2.96. The van der Waals surface area contributed by atoms with E-state index in [4.69, 9.17) is 0 Å². The van der Waals surface area contributed by atoms with Crippen molar-refractivity contribution in [1.29, 1.82) is 0 Å². The minimum Gasteiger partial charge on any atom is -0.261 e. The third kappa shape index (κ3) is 1.13. The van der Waals surface area contributed by atoms with Crippen LogP contribution in [0, 0.1) is 0 Å². The van der Waals surface area contributed by atoms with Gasteiger partial charge in [-0.15, -0.1) is 0 Å². The molecular weight excluding hydrogens is 126 g/mol. The fourth-order valence-electron chi connectivity index (χ4n) is 0.671. The van der Waals surface area contributed by atoms with Gasteiger partial charge in [0.2, 0.25) is 0 Å². The van der Waals surface area contributed by atoms with Crippen LogP contribution in [0.4, 0.5) is 5.82 Å². The monoisotopic (exact) mass is 135 g/mol. The summed E-state index contributed by atoms with van der Waals surface area (Å²) in [5, 5.41) is 6.54. The molecule has 0 amide bonds. The predicted octanol–water partition coefficient (Wildman–Crippen LogP) is 1.77. The number of aliphatic imine (C=N–C) groups is 1. The van der Waals surface area contributed by atoms with Gasteiger partial charge in [0.1, 0.15) is 0 Å². The summed E-state index contributed by atoms with van der Waals surface area (Å²) < 4.78 is 0. The zero-order valence-corrected chi connectivity index (χ0v) is 5.83. The van der Waals surface area contributed by atoms with Gasteiger partial charge in [0, 0.05) is 11.8 Å². The molecule has 0 aliphatic carbocycles. The van der Waals surface area contributed by atoms with Crippen molar-refractivity contribution in [3.05, 3.63) is 18.3 Å². The van der Waals surface area contributed by atoms with Crippen molar-refractivity contribution in [3.63, 3.8) is 0 Å². The number of nitrogens with one attached hydrogen (secondary N) is 1. The number of hydrogen-bond acceptors (Lipinski definition) is 2. The van der Waals surface area contributed by atoms with Crippen LogP contribution in [0.5, 0.6) is 0 Å². The Hall–Kier alpha value is -1.38. The van der Waals surface area contributed by atoms with E-state index in [2.05, 4.69) is 21.8 Å². The topological polar surface area (TPSA) is 41.0 Å². The number of H-pyrrole nitrogens is 1. The first-order valence-corrected chi connectivity index (χ1v) is 3.03. The molecule has 0 saturated carbocycles. The van der Waals surface area contributed by atoms with Gasteiger partial charge >= 0.3 is 0 Å². The molecule has 52 valence electrons. The van der Waals surface area contributed by atoms with Gasteiger partial charge in [0.25, 0.3) is 0 Å². The van der Waals surface area contributed by atoms with Gasteiger partial charge in [-0.25, -0.2) is 4.99 Å². The zero-order chi connectivity index (χ0) is 7.40. The number of rotatable bonds is 2. The molecule has 0 saturated heterocycles. The van der Waals surface area contributed by atoms with Crippen LogP contribution in [0.1, 0.15) is 12.5 Å². The van der Waals surface area contributed by atoms with Crippen molar-refractivity contribution >= 4 is 18.1 Å². The van der Waals surface area contributed by atoms with E-state index in [0.717, 1.165) is 11.4 Å². The quantitative estimate of drug-likeness (QED) is 0.617. The highest BCUT2D eigenvalue weighted by Gasteiger charge is 1.95. The van der Waals surface area contributed by atoms with Crippen LogP contribution >= 0.6 is 0 Å². The highest BCUT2D eigenvalue weighted by Crippen LogP contribution is 2.14. The smallest absolute Gasteiger partial charge is 0.154 e. The second-order valence-electron chi connectivity index (χ2n) is 1.77. The van der Waals surface area contributed by atoms with Crippen LogP contribution in [-0.4, -0.2) is 16.4 Å². The third-order valence-corrected chi connectivity index (χ3v) is 1.13. The largest absolute Gasteiger partial charge is 0.261 e. The van der Waals surface area contributed by atoms with E-state index in [9.17, 15) is 0 Å². The van der Waals surface area contributed by atoms with E-state index >= 15 is 0 Å². The molecular formula is C7H9N3. The lowest BCUT2D eigenvalue weighted by molar-refractivity contribution is 1.08. The lowest BCUT2D eigenvalue weighted by atomic mass is 10.3. The SMILES string of the molecule is C=Cc1cn[nH]c1N=CC. The zero-order valence-electron chi connectivity index (χ0n) is 5.83. The Labute approximate surface area is 59.5 Å². The summed E-state index contributed by atoms with van der Waals surface area (Å²) >= 11 is 0. The van der Waals surface area contributed by atoms with E-state index < -0.39 is 0 Å². The van der Waals surface area contributed by atoms with Crippen LogP contribution in [0.3, 0.4) is 0 Å². The molecule has 0 fully saturated rings. The molecule has 0 aliphatic heterocycles. The molecule has 1 N–H and O–H groups in total. The van der Waals surface area contributed by atoms with E-state index in [1.165, 1.54) is 0 Å². The number of aromatic nitrogens is 2. The molecule has 0 bridgehead atoms. The van der Waals surface area contributed by atoms with Gasteiger partial charge in [0.15, 0.2) is 5.82 Å². The Kier molecular flexibility index (Phi) is 1.99. The van der Waals surface area contributed by atoms with Gasteiger partial charge < -0.3 is 0 Å². The average Bonchev–Trinajstić information content (AvgIpc) is 2.36. The standard InChI is InChI=1S/C7H9N3/c1-3-6-5-9-10-7(6)8-4-2/h3-5H,1H2,2H3,(H,9,10). The molecule has 0 aromatic carbocycles. The molecule has 1 aromatic heterocycles. The minimum atomic E-state index is 0.762. The third-order valence-electron chi connectivity index (χ3n) is 1.13. The van der Waals surface area contributed by atoms with E-state index in [-0.39, 0.29) is 0 Å². The summed E-state index contributed by atoms with van der Waals surface area (Å²) in [6.07, 6.45) is 5.11. The Morgan fingerprint density at radius 1 is 1.80 bits per heavy atom. The molecule has 0 radical (unpaired) electrons. The Balaban J connectivity index is 3.00. The molecule has 0 aliphatic rings. The summed E-state index contributed by atoms with van der Waals surface area (Å²) in [7, 11) is 0. The fourth-order valence-corrected chi connectivity index (χ4v) is 0.671. The van der Waals surface area contributed by atoms with E-state index in [1.807, 2.05) is 6.92 Å². The summed E-state index contributed by atoms with van der Waals surface area (Å²) in [6.45, 7) is 5.47. The maximum Gasteiger partial charge on any atom is 0.154 e. The van der Waals surface area contributed by atoms with E-state index in [1.54, 1.807) is 18.5 Å². The van der Waals surface area contributed by atoms with Gasteiger partial charge in [-0.05, 0) is 6.92 Å². The molecule has 1 heterocycles. The molecule has 10 heavy (non-hydrogen) atoms. The predicted molar refractivity (Wildman–Crippen MR) is 42.5 cm³/mol. The first-order valence-electron chi connectivity index (χ1n) is 3.03. The molecule has 1 aromatic rings. The summed E-state index contributed by atoms with van der Waals surface area (Å²) in [5.41, 5.74) is 0.929. The Bertz CT molecular complexity index is 247. The summed E-state index contributed by atoms with van der Waals surface area (Å²) in [4.78, 5) is 4.02. The maximum absolute atomic E-state index is 4.02. The first kappa shape index (κ1) is 6.74. The number of aromatic amines is 1. The molecule has 0 atom stereocenters. The number of hydrogen-bond donors (Lipinski definition) is 1. The lowest BCUT2D eigenvalue weighted by Gasteiger charge is -1.85.